The Hall–Kier alpha value is -4.65. The van der Waals surface area contributed by atoms with E-state index in [1.807, 2.05) is 42.5 Å². The van der Waals surface area contributed by atoms with Crippen LogP contribution in [0.2, 0.25) is 0 Å². The highest BCUT2D eigenvalue weighted by Gasteiger charge is 2.24. The first-order valence-corrected chi connectivity index (χ1v) is 14.1. The number of amides is 3. The molecule has 1 aliphatic heterocycles. The third kappa shape index (κ3) is 7.72. The van der Waals surface area contributed by atoms with E-state index < -0.39 is 11.8 Å². The molecule has 0 saturated carbocycles. The molecule has 1 saturated heterocycles. The molecule has 0 aliphatic carbocycles. The number of carbonyl (C=O) groups excluding carboxylic acids is 2. The van der Waals surface area contributed by atoms with Crippen molar-refractivity contribution in [2.75, 3.05) is 35.2 Å². The molecule has 3 amide bonds. The lowest BCUT2D eigenvalue weighted by molar-refractivity contribution is 0.0954. The second-order valence-electron chi connectivity index (χ2n) is 10.4. The second-order valence-corrected chi connectivity index (χ2v) is 10.4. The fourth-order valence-electron chi connectivity index (χ4n) is 5.30. The zero-order chi connectivity index (χ0) is 28.4. The van der Waals surface area contributed by atoms with Gasteiger partial charge >= 0.3 is 6.03 Å². The van der Waals surface area contributed by atoms with E-state index in [4.69, 9.17) is 0 Å². The van der Waals surface area contributed by atoms with E-state index in [-0.39, 0.29) is 11.6 Å². The Morgan fingerprint density at radius 2 is 1.44 bits per heavy atom. The minimum Gasteiger partial charge on any atom is -0.371 e. The molecule has 0 atom stereocenters. The van der Waals surface area contributed by atoms with Gasteiger partial charge in [-0.1, -0.05) is 72.8 Å². The van der Waals surface area contributed by atoms with Crippen molar-refractivity contribution in [3.05, 3.63) is 126 Å². The second kappa shape index (κ2) is 13.6. The third-order valence-electron chi connectivity index (χ3n) is 7.49. The van der Waals surface area contributed by atoms with Gasteiger partial charge in [0.15, 0.2) is 0 Å². The van der Waals surface area contributed by atoms with Crippen molar-refractivity contribution in [3.63, 3.8) is 0 Å². The maximum absolute atomic E-state index is 14.0. The van der Waals surface area contributed by atoms with Crippen molar-refractivity contribution >= 4 is 29.0 Å². The minimum absolute atomic E-state index is 0.0823. The molecule has 0 spiro atoms. The van der Waals surface area contributed by atoms with Crippen LogP contribution in [0.1, 0.15) is 34.3 Å². The molecule has 7 heteroatoms. The minimum atomic E-state index is -0.583. The summed E-state index contributed by atoms with van der Waals surface area (Å²) in [5.74, 6) is -0.118. The van der Waals surface area contributed by atoms with Gasteiger partial charge in [-0.3, -0.25) is 4.79 Å². The number of nitrogens with zero attached hydrogens (tertiary/aromatic N) is 1. The van der Waals surface area contributed by atoms with Crippen LogP contribution in [-0.4, -0.2) is 31.6 Å². The van der Waals surface area contributed by atoms with Crippen molar-refractivity contribution in [2.24, 2.45) is 5.92 Å². The molecule has 4 aromatic rings. The largest absolute Gasteiger partial charge is 0.371 e. The standard InChI is InChI=1S/C34H35FN4O2/c35-30-13-7-8-14-31(30)38-34(41)37-28-15-16-32(29(24-28)33(40)36-20-17-25-9-3-1-4-10-25)39-21-18-27(19-22-39)23-26-11-5-2-6-12-26/h1-16,24,27H,17-23H2,(H,36,40)(H2,37,38,41). The molecule has 1 aliphatic rings. The SMILES string of the molecule is O=C(Nc1ccc(N2CCC(Cc3ccccc3)CC2)c(C(=O)NCCc2ccccc2)c1)Nc1ccccc1F. The van der Waals surface area contributed by atoms with Gasteiger partial charge in [0, 0.05) is 31.0 Å². The number of piperidine rings is 1. The van der Waals surface area contributed by atoms with Crippen molar-refractivity contribution in [1.29, 1.82) is 0 Å². The number of benzene rings is 4. The Balaban J connectivity index is 1.28. The number of anilines is 3. The van der Waals surface area contributed by atoms with Crippen molar-refractivity contribution in [2.45, 2.75) is 25.7 Å². The quantitative estimate of drug-likeness (QED) is 0.212. The summed E-state index contributed by atoms with van der Waals surface area (Å²) in [6.07, 6.45) is 3.85. The normalized spacial score (nSPS) is 13.4. The molecule has 5 rings (SSSR count). The van der Waals surface area contributed by atoms with Crippen LogP contribution in [0.5, 0.6) is 0 Å². The molecule has 3 N–H and O–H groups in total. The van der Waals surface area contributed by atoms with Crippen LogP contribution in [0.15, 0.2) is 103 Å². The van der Waals surface area contributed by atoms with Crippen molar-refractivity contribution in [1.82, 2.24) is 5.32 Å². The maximum atomic E-state index is 14.0. The van der Waals surface area contributed by atoms with E-state index in [2.05, 4.69) is 45.1 Å². The van der Waals surface area contributed by atoms with Crippen LogP contribution in [0.3, 0.4) is 0 Å². The van der Waals surface area contributed by atoms with Gasteiger partial charge < -0.3 is 20.9 Å². The lowest BCUT2D eigenvalue weighted by Gasteiger charge is -2.35. The Morgan fingerprint density at radius 1 is 0.780 bits per heavy atom. The number of hydrogen-bond acceptors (Lipinski definition) is 3. The van der Waals surface area contributed by atoms with Gasteiger partial charge in [0.2, 0.25) is 0 Å². The average Bonchev–Trinajstić information content (AvgIpc) is 3.00. The summed E-state index contributed by atoms with van der Waals surface area (Å²) in [4.78, 5) is 28.3. The summed E-state index contributed by atoms with van der Waals surface area (Å²) in [7, 11) is 0. The van der Waals surface area contributed by atoms with Crippen molar-refractivity contribution < 1.29 is 14.0 Å². The number of rotatable bonds is 9. The molecular weight excluding hydrogens is 515 g/mol. The summed E-state index contributed by atoms with van der Waals surface area (Å²) < 4.78 is 14.0. The average molecular weight is 551 g/mol. The Labute approximate surface area is 240 Å². The van der Waals surface area contributed by atoms with Crippen LogP contribution >= 0.6 is 0 Å². The number of nitrogens with one attached hydrogen (secondary N) is 3. The van der Waals surface area contributed by atoms with Crippen molar-refractivity contribution in [3.8, 4) is 0 Å². The van der Waals surface area contributed by atoms with E-state index in [0.717, 1.165) is 50.0 Å². The summed E-state index contributed by atoms with van der Waals surface area (Å²) in [6, 6.07) is 31.4. The summed E-state index contributed by atoms with van der Waals surface area (Å²) in [6.45, 7) is 2.19. The van der Waals surface area contributed by atoms with E-state index >= 15 is 0 Å². The number of hydrogen-bond donors (Lipinski definition) is 3. The highest BCUT2D eigenvalue weighted by Crippen LogP contribution is 2.30. The van der Waals surface area contributed by atoms with Crippen LogP contribution in [-0.2, 0) is 12.8 Å². The molecule has 6 nitrogen and oxygen atoms in total. The molecule has 0 radical (unpaired) electrons. The van der Waals surface area contributed by atoms with Gasteiger partial charge in [-0.05, 0) is 73.1 Å². The Morgan fingerprint density at radius 3 is 2.15 bits per heavy atom. The topological polar surface area (TPSA) is 73.5 Å². The van der Waals surface area contributed by atoms with Gasteiger partial charge in [-0.15, -0.1) is 0 Å². The smallest absolute Gasteiger partial charge is 0.323 e. The first-order chi connectivity index (χ1) is 20.0. The van der Waals surface area contributed by atoms with Crippen LogP contribution < -0.4 is 20.9 Å². The molecule has 4 aromatic carbocycles. The highest BCUT2D eigenvalue weighted by atomic mass is 19.1. The zero-order valence-electron chi connectivity index (χ0n) is 23.0. The zero-order valence-corrected chi connectivity index (χ0v) is 23.0. The fourth-order valence-corrected chi connectivity index (χ4v) is 5.30. The predicted molar refractivity (Wildman–Crippen MR) is 163 cm³/mol. The van der Waals surface area contributed by atoms with Crippen LogP contribution in [0.4, 0.5) is 26.2 Å². The Bertz CT molecular complexity index is 1450. The van der Waals surface area contributed by atoms with Gasteiger partial charge in [-0.2, -0.15) is 0 Å². The molecule has 210 valence electrons. The molecule has 1 fully saturated rings. The van der Waals surface area contributed by atoms with E-state index in [9.17, 15) is 14.0 Å². The van der Waals surface area contributed by atoms with Gasteiger partial charge in [0.25, 0.3) is 5.91 Å². The van der Waals surface area contributed by atoms with Crippen LogP contribution in [0, 0.1) is 11.7 Å². The molecule has 41 heavy (non-hydrogen) atoms. The fraction of sp³-hybridized carbons (Fsp3) is 0.235. The molecule has 0 bridgehead atoms. The van der Waals surface area contributed by atoms with Crippen LogP contribution in [0.25, 0.3) is 0 Å². The third-order valence-corrected chi connectivity index (χ3v) is 7.49. The molecule has 0 unspecified atom stereocenters. The number of urea groups is 1. The summed E-state index contributed by atoms with van der Waals surface area (Å²) in [5, 5.41) is 8.32. The summed E-state index contributed by atoms with van der Waals surface area (Å²) in [5.41, 5.74) is 4.39. The maximum Gasteiger partial charge on any atom is 0.323 e. The lowest BCUT2D eigenvalue weighted by Crippen LogP contribution is -2.36. The molecule has 1 heterocycles. The first kappa shape index (κ1) is 27.9. The van der Waals surface area contributed by atoms with E-state index in [1.54, 1.807) is 24.3 Å². The van der Waals surface area contributed by atoms with Gasteiger partial charge in [0.1, 0.15) is 5.82 Å². The van der Waals surface area contributed by atoms with Gasteiger partial charge in [0.05, 0.1) is 11.3 Å². The lowest BCUT2D eigenvalue weighted by atomic mass is 9.89. The molecule has 0 aromatic heterocycles. The van der Waals surface area contributed by atoms with Gasteiger partial charge in [-0.25, -0.2) is 9.18 Å². The first-order valence-electron chi connectivity index (χ1n) is 14.1. The van der Waals surface area contributed by atoms with E-state index in [1.165, 1.54) is 17.7 Å². The highest BCUT2D eigenvalue weighted by molar-refractivity contribution is 6.04. The summed E-state index contributed by atoms with van der Waals surface area (Å²) >= 11 is 0. The monoisotopic (exact) mass is 550 g/mol. The van der Waals surface area contributed by atoms with E-state index in [0.29, 0.717) is 23.7 Å². The number of carbonyl (C=O) groups is 2. The number of para-hydroxylation sites is 1. The predicted octanol–water partition coefficient (Wildman–Crippen LogP) is 6.90. The Kier molecular flexibility index (Phi) is 9.26. The molecular formula is C34H35FN4O2. The number of halogens is 1.